The van der Waals surface area contributed by atoms with Gasteiger partial charge in [0.1, 0.15) is 0 Å². The Hall–Kier alpha value is -1.75. The fourth-order valence-corrected chi connectivity index (χ4v) is 2.20. The molecule has 1 heterocycles. The summed E-state index contributed by atoms with van der Waals surface area (Å²) in [5, 5.41) is 6.59. The van der Waals surface area contributed by atoms with Gasteiger partial charge in [0.15, 0.2) is 0 Å². The molecule has 0 bridgehead atoms. The SMILES string of the molecule is COCC(C)N(C)C(=O)c1cccc2c1NCCN2. The maximum absolute atomic E-state index is 12.5. The van der Waals surface area contributed by atoms with Crippen LogP contribution in [0.1, 0.15) is 17.3 Å². The van der Waals surface area contributed by atoms with Gasteiger partial charge in [-0.1, -0.05) is 6.07 Å². The zero-order valence-electron chi connectivity index (χ0n) is 11.7. The number of carbonyl (C=O) groups excluding carboxylic acids is 1. The lowest BCUT2D eigenvalue weighted by atomic mass is 10.1. The van der Waals surface area contributed by atoms with Crippen LogP contribution in [0.15, 0.2) is 18.2 Å². The number of nitrogens with one attached hydrogen (secondary N) is 2. The van der Waals surface area contributed by atoms with Crippen molar-refractivity contribution in [3.63, 3.8) is 0 Å². The summed E-state index contributed by atoms with van der Waals surface area (Å²) >= 11 is 0. The molecule has 1 amide bonds. The van der Waals surface area contributed by atoms with E-state index in [1.807, 2.05) is 32.2 Å². The minimum atomic E-state index is 0.0117. The molecule has 0 spiro atoms. The van der Waals surface area contributed by atoms with Crippen molar-refractivity contribution < 1.29 is 9.53 Å². The Kier molecular flexibility index (Phi) is 4.27. The monoisotopic (exact) mass is 263 g/mol. The Morgan fingerprint density at radius 1 is 1.42 bits per heavy atom. The van der Waals surface area contributed by atoms with E-state index in [1.165, 1.54) is 0 Å². The Labute approximate surface area is 113 Å². The smallest absolute Gasteiger partial charge is 0.256 e. The lowest BCUT2D eigenvalue weighted by Gasteiger charge is -2.27. The van der Waals surface area contributed by atoms with Crippen LogP contribution < -0.4 is 10.6 Å². The molecule has 1 atom stereocenters. The summed E-state index contributed by atoms with van der Waals surface area (Å²) in [4.78, 5) is 14.3. The van der Waals surface area contributed by atoms with Crippen molar-refractivity contribution in [1.29, 1.82) is 0 Å². The summed E-state index contributed by atoms with van der Waals surface area (Å²) in [7, 11) is 3.45. The van der Waals surface area contributed by atoms with Crippen molar-refractivity contribution >= 4 is 17.3 Å². The molecule has 1 aromatic carbocycles. The number of methoxy groups -OCH3 is 1. The van der Waals surface area contributed by atoms with E-state index < -0.39 is 0 Å². The summed E-state index contributed by atoms with van der Waals surface area (Å²) in [5.74, 6) is 0.0117. The van der Waals surface area contributed by atoms with Gasteiger partial charge in [0.2, 0.25) is 0 Å². The number of benzene rings is 1. The Morgan fingerprint density at radius 3 is 2.89 bits per heavy atom. The van der Waals surface area contributed by atoms with Gasteiger partial charge in [-0.3, -0.25) is 4.79 Å². The van der Waals surface area contributed by atoms with Crippen molar-refractivity contribution in [2.24, 2.45) is 0 Å². The predicted octanol–water partition coefficient (Wildman–Crippen LogP) is 1.63. The van der Waals surface area contributed by atoms with Crippen LogP contribution >= 0.6 is 0 Å². The quantitative estimate of drug-likeness (QED) is 0.867. The summed E-state index contributed by atoms with van der Waals surface area (Å²) in [6.45, 7) is 4.21. The van der Waals surface area contributed by atoms with Gasteiger partial charge in [-0.05, 0) is 19.1 Å². The van der Waals surface area contributed by atoms with Gasteiger partial charge >= 0.3 is 0 Å². The zero-order valence-corrected chi connectivity index (χ0v) is 11.7. The number of fused-ring (bicyclic) bond motifs is 1. The largest absolute Gasteiger partial charge is 0.383 e. The van der Waals surface area contributed by atoms with Crippen molar-refractivity contribution in [2.75, 3.05) is 44.5 Å². The van der Waals surface area contributed by atoms with Crippen molar-refractivity contribution in [3.05, 3.63) is 23.8 Å². The standard InChI is InChI=1S/C14H21N3O2/c1-10(9-19-3)17(2)14(18)11-5-4-6-12-13(11)16-8-7-15-12/h4-6,10,15-16H,7-9H2,1-3H3. The second kappa shape index (κ2) is 5.93. The first kappa shape index (κ1) is 13.7. The third-order valence-corrected chi connectivity index (χ3v) is 3.43. The summed E-state index contributed by atoms with van der Waals surface area (Å²) in [6, 6.07) is 5.79. The van der Waals surface area contributed by atoms with Crippen LogP contribution in [-0.4, -0.2) is 50.7 Å². The molecule has 19 heavy (non-hydrogen) atoms. The van der Waals surface area contributed by atoms with E-state index >= 15 is 0 Å². The molecule has 1 aromatic rings. The fourth-order valence-electron chi connectivity index (χ4n) is 2.20. The number of rotatable bonds is 4. The van der Waals surface area contributed by atoms with Crippen LogP contribution in [0.25, 0.3) is 0 Å². The predicted molar refractivity (Wildman–Crippen MR) is 76.9 cm³/mol. The molecular formula is C14H21N3O2. The highest BCUT2D eigenvalue weighted by Gasteiger charge is 2.22. The van der Waals surface area contributed by atoms with Crippen molar-refractivity contribution in [2.45, 2.75) is 13.0 Å². The van der Waals surface area contributed by atoms with Crippen LogP contribution in [0.4, 0.5) is 11.4 Å². The highest BCUT2D eigenvalue weighted by molar-refractivity contribution is 6.02. The average molecular weight is 263 g/mol. The van der Waals surface area contributed by atoms with Crippen molar-refractivity contribution in [1.82, 2.24) is 4.90 Å². The van der Waals surface area contributed by atoms with E-state index in [9.17, 15) is 4.79 Å². The maximum Gasteiger partial charge on any atom is 0.256 e. The van der Waals surface area contributed by atoms with Crippen LogP contribution in [0.5, 0.6) is 0 Å². The number of ether oxygens (including phenoxy) is 1. The average Bonchev–Trinajstić information content (AvgIpc) is 2.45. The highest BCUT2D eigenvalue weighted by Crippen LogP contribution is 2.29. The normalized spacial score (nSPS) is 14.9. The maximum atomic E-state index is 12.5. The lowest BCUT2D eigenvalue weighted by molar-refractivity contribution is 0.0634. The first-order valence-electron chi connectivity index (χ1n) is 6.52. The van der Waals surface area contributed by atoms with Gasteiger partial charge in [0.05, 0.1) is 29.6 Å². The first-order chi connectivity index (χ1) is 9.15. The number of hydrogen-bond donors (Lipinski definition) is 2. The van der Waals surface area contributed by atoms with E-state index in [-0.39, 0.29) is 11.9 Å². The number of hydrogen-bond acceptors (Lipinski definition) is 4. The van der Waals surface area contributed by atoms with E-state index in [2.05, 4.69) is 10.6 Å². The molecule has 0 saturated carbocycles. The van der Waals surface area contributed by atoms with E-state index in [0.29, 0.717) is 12.2 Å². The summed E-state index contributed by atoms with van der Waals surface area (Å²) in [5.41, 5.74) is 2.59. The van der Waals surface area contributed by atoms with Gasteiger partial charge in [0.25, 0.3) is 5.91 Å². The topological polar surface area (TPSA) is 53.6 Å². The van der Waals surface area contributed by atoms with Gasteiger partial charge in [-0.2, -0.15) is 0 Å². The van der Waals surface area contributed by atoms with Gasteiger partial charge in [-0.25, -0.2) is 0 Å². The number of carbonyl (C=O) groups is 1. The van der Waals surface area contributed by atoms with Crippen LogP contribution in [-0.2, 0) is 4.74 Å². The molecule has 0 radical (unpaired) electrons. The second-order valence-electron chi connectivity index (χ2n) is 4.80. The number of nitrogens with zero attached hydrogens (tertiary/aromatic N) is 1. The fraction of sp³-hybridized carbons (Fsp3) is 0.500. The Balaban J connectivity index is 2.24. The third kappa shape index (κ3) is 2.81. The number of likely N-dealkylation sites (N-methyl/N-ethyl adjacent to an activating group) is 1. The molecular weight excluding hydrogens is 242 g/mol. The van der Waals surface area contributed by atoms with E-state index in [0.717, 1.165) is 24.5 Å². The summed E-state index contributed by atoms with van der Waals surface area (Å²) in [6.07, 6.45) is 0. The first-order valence-corrected chi connectivity index (χ1v) is 6.52. The van der Waals surface area contributed by atoms with Gasteiger partial charge in [-0.15, -0.1) is 0 Å². The number of anilines is 2. The molecule has 1 aliphatic heterocycles. The van der Waals surface area contributed by atoms with Crippen LogP contribution in [0.2, 0.25) is 0 Å². The van der Waals surface area contributed by atoms with E-state index in [4.69, 9.17) is 4.74 Å². The van der Waals surface area contributed by atoms with Crippen LogP contribution in [0, 0.1) is 0 Å². The van der Waals surface area contributed by atoms with Crippen molar-refractivity contribution in [3.8, 4) is 0 Å². The number of amides is 1. The summed E-state index contributed by atoms with van der Waals surface area (Å²) < 4.78 is 5.10. The molecule has 0 aliphatic carbocycles. The second-order valence-corrected chi connectivity index (χ2v) is 4.80. The minimum Gasteiger partial charge on any atom is -0.383 e. The molecule has 104 valence electrons. The Bertz CT molecular complexity index is 462. The molecule has 5 nitrogen and oxygen atoms in total. The van der Waals surface area contributed by atoms with Gasteiger partial charge < -0.3 is 20.3 Å². The molecule has 1 unspecified atom stereocenters. The molecule has 2 rings (SSSR count). The lowest BCUT2D eigenvalue weighted by Crippen LogP contribution is -2.38. The molecule has 0 fully saturated rings. The Morgan fingerprint density at radius 2 is 2.16 bits per heavy atom. The van der Waals surface area contributed by atoms with Gasteiger partial charge in [0, 0.05) is 27.2 Å². The minimum absolute atomic E-state index is 0.0117. The van der Waals surface area contributed by atoms with Crippen LogP contribution in [0.3, 0.4) is 0 Å². The molecule has 0 aromatic heterocycles. The molecule has 2 N–H and O–H groups in total. The van der Waals surface area contributed by atoms with E-state index in [1.54, 1.807) is 12.0 Å². The molecule has 0 saturated heterocycles. The third-order valence-electron chi connectivity index (χ3n) is 3.43. The molecule has 1 aliphatic rings. The molecule has 5 heteroatoms. The highest BCUT2D eigenvalue weighted by atomic mass is 16.5. The number of para-hydroxylation sites is 1. The zero-order chi connectivity index (χ0) is 13.8.